The van der Waals surface area contributed by atoms with Gasteiger partial charge in [0.1, 0.15) is 4.90 Å². The molecular formula is C30H31Cl3N2O5S. The Kier molecular flexibility index (Phi) is 9.71. The Bertz CT molecular complexity index is 1530. The van der Waals surface area contributed by atoms with Crippen molar-refractivity contribution < 1.29 is 23.1 Å². The van der Waals surface area contributed by atoms with E-state index < -0.39 is 33.5 Å². The van der Waals surface area contributed by atoms with Gasteiger partial charge in [0.25, 0.3) is 0 Å². The van der Waals surface area contributed by atoms with Crippen LogP contribution >= 0.6 is 34.8 Å². The minimum absolute atomic E-state index is 0.0664. The minimum atomic E-state index is -4.01. The number of carbonyl (C=O) groups excluding carboxylic acids is 1. The molecule has 2 N–H and O–H groups in total. The summed E-state index contributed by atoms with van der Waals surface area (Å²) < 4.78 is 29.1. The first-order valence-electron chi connectivity index (χ1n) is 13.2. The lowest BCUT2D eigenvalue weighted by atomic mass is 9.67. The highest BCUT2D eigenvalue weighted by atomic mass is 35.5. The molecular weight excluding hydrogens is 607 g/mol. The lowest BCUT2D eigenvalue weighted by Crippen LogP contribution is -2.58. The molecule has 41 heavy (non-hydrogen) atoms. The summed E-state index contributed by atoms with van der Waals surface area (Å²) in [5.41, 5.74) is 0.382. The molecule has 3 aromatic rings. The van der Waals surface area contributed by atoms with Crippen LogP contribution in [0, 0.1) is 5.41 Å². The van der Waals surface area contributed by atoms with Gasteiger partial charge in [0.15, 0.2) is 0 Å². The van der Waals surface area contributed by atoms with Crippen LogP contribution in [0.4, 0.5) is 0 Å². The fraction of sp³-hybridized carbons (Fsp3) is 0.333. The number of sulfonamides is 1. The van der Waals surface area contributed by atoms with Gasteiger partial charge in [-0.2, -0.15) is 0 Å². The van der Waals surface area contributed by atoms with Crippen LogP contribution in [0.25, 0.3) is 0 Å². The zero-order chi connectivity index (χ0) is 29.9. The minimum Gasteiger partial charge on any atom is -0.481 e. The number of carbonyl (C=O) groups is 2. The first-order valence-corrected chi connectivity index (χ1v) is 15.8. The number of benzene rings is 3. The summed E-state index contributed by atoms with van der Waals surface area (Å²) in [6, 6.07) is 19.4. The summed E-state index contributed by atoms with van der Waals surface area (Å²) in [6.45, 7) is 3.41. The monoisotopic (exact) mass is 636 g/mol. The third-order valence-corrected chi connectivity index (χ3v) is 10.0. The maximum absolute atomic E-state index is 14.3. The predicted molar refractivity (Wildman–Crippen MR) is 161 cm³/mol. The number of halogens is 3. The lowest BCUT2D eigenvalue weighted by molar-refractivity contribution is -0.160. The largest absolute Gasteiger partial charge is 0.481 e. The highest BCUT2D eigenvalue weighted by molar-refractivity contribution is 7.89. The third-order valence-electron chi connectivity index (χ3n) is 7.63. The Morgan fingerprint density at radius 1 is 1.02 bits per heavy atom. The Labute approximate surface area is 255 Å². The van der Waals surface area contributed by atoms with Gasteiger partial charge >= 0.3 is 5.97 Å². The van der Waals surface area contributed by atoms with Crippen molar-refractivity contribution in [2.45, 2.75) is 56.0 Å². The molecule has 3 aromatic carbocycles. The van der Waals surface area contributed by atoms with Crippen molar-refractivity contribution in [3.63, 3.8) is 0 Å². The number of nitrogens with zero attached hydrogens (tertiary/aromatic N) is 1. The Hall–Kier alpha value is -2.62. The molecule has 1 amide bonds. The van der Waals surface area contributed by atoms with E-state index in [0.29, 0.717) is 16.5 Å². The van der Waals surface area contributed by atoms with Gasteiger partial charge in [0.2, 0.25) is 15.9 Å². The number of nitrogens with one attached hydrogen (secondary N) is 1. The average Bonchev–Trinajstić information content (AvgIpc) is 2.91. The quantitative estimate of drug-likeness (QED) is 0.251. The van der Waals surface area contributed by atoms with E-state index in [1.165, 1.54) is 12.1 Å². The molecule has 0 saturated carbocycles. The van der Waals surface area contributed by atoms with E-state index in [0.717, 1.165) is 11.1 Å². The first kappa shape index (κ1) is 31.3. The second-order valence-corrected chi connectivity index (χ2v) is 13.6. The van der Waals surface area contributed by atoms with Gasteiger partial charge in [-0.1, -0.05) is 85.0 Å². The third kappa shape index (κ3) is 6.89. The van der Waals surface area contributed by atoms with Crippen LogP contribution < -0.4 is 4.72 Å². The molecule has 1 heterocycles. The molecule has 11 heteroatoms. The van der Waals surface area contributed by atoms with Crippen molar-refractivity contribution in [3.05, 3.63) is 99.0 Å². The van der Waals surface area contributed by atoms with Crippen molar-refractivity contribution in [3.8, 4) is 0 Å². The van der Waals surface area contributed by atoms with E-state index in [-0.39, 0.29) is 41.1 Å². The molecule has 0 radical (unpaired) electrons. The van der Waals surface area contributed by atoms with Gasteiger partial charge < -0.3 is 10.0 Å². The zero-order valence-corrected chi connectivity index (χ0v) is 25.6. The number of amides is 1. The smallest absolute Gasteiger partial charge is 0.304 e. The fourth-order valence-corrected chi connectivity index (χ4v) is 7.58. The molecule has 1 fully saturated rings. The molecule has 0 aliphatic carbocycles. The molecule has 0 spiro atoms. The zero-order valence-electron chi connectivity index (χ0n) is 22.6. The maximum atomic E-state index is 14.3. The van der Waals surface area contributed by atoms with Crippen LogP contribution in [0.5, 0.6) is 0 Å². The number of hydrogen-bond donors (Lipinski definition) is 2. The van der Waals surface area contributed by atoms with Crippen LogP contribution in [0.2, 0.25) is 15.1 Å². The van der Waals surface area contributed by atoms with Crippen LogP contribution in [-0.2, 0) is 19.6 Å². The molecule has 1 aliphatic heterocycles. The molecule has 0 aromatic heterocycles. The van der Waals surface area contributed by atoms with Crippen molar-refractivity contribution in [1.82, 2.24) is 9.62 Å². The molecule has 0 bridgehead atoms. The van der Waals surface area contributed by atoms with E-state index in [1.807, 2.05) is 37.3 Å². The summed E-state index contributed by atoms with van der Waals surface area (Å²) in [5, 5.41) is 10.9. The van der Waals surface area contributed by atoms with Gasteiger partial charge in [-0.15, -0.1) is 0 Å². The van der Waals surface area contributed by atoms with Crippen LogP contribution in [0.3, 0.4) is 0 Å². The van der Waals surface area contributed by atoms with Crippen molar-refractivity contribution in [2.24, 2.45) is 5.41 Å². The van der Waals surface area contributed by atoms with E-state index in [4.69, 9.17) is 34.8 Å². The standard InChI is InChI=1S/C30H31Cl3N2O5S/c1-3-23(18-34-41(39,40)26-10-5-4-9-25(26)33)35-28(19-11-13-21(31)14-12-19)24(20-7-6-8-22(32)15-20)16-30(2,29(35)38)17-27(36)37/h4-15,23-24,28,34H,3,16-18H2,1-2H3,(H,36,37)/t23-,24+,28+,30-/m0/s1. The number of likely N-dealkylation sites (tertiary alicyclic amines) is 1. The van der Waals surface area contributed by atoms with E-state index in [1.54, 1.807) is 42.2 Å². The van der Waals surface area contributed by atoms with Crippen LogP contribution in [0.15, 0.2) is 77.7 Å². The molecule has 1 saturated heterocycles. The van der Waals surface area contributed by atoms with Crippen molar-refractivity contribution in [2.75, 3.05) is 6.54 Å². The maximum Gasteiger partial charge on any atom is 0.304 e. The first-order chi connectivity index (χ1) is 19.4. The van der Waals surface area contributed by atoms with Gasteiger partial charge in [-0.25, -0.2) is 13.1 Å². The number of hydrogen-bond acceptors (Lipinski definition) is 4. The van der Waals surface area contributed by atoms with Gasteiger partial charge in [0, 0.05) is 28.5 Å². The molecule has 218 valence electrons. The summed E-state index contributed by atoms with van der Waals surface area (Å²) in [7, 11) is -4.01. The SMILES string of the molecule is CC[C@@H](CNS(=O)(=O)c1ccccc1Cl)N1C(=O)[C@](C)(CC(=O)O)C[C@H](c2cccc(Cl)c2)[C@H]1c1ccc(Cl)cc1. The van der Waals surface area contributed by atoms with E-state index in [9.17, 15) is 23.1 Å². The Morgan fingerprint density at radius 3 is 2.32 bits per heavy atom. The molecule has 7 nitrogen and oxygen atoms in total. The predicted octanol–water partition coefficient (Wildman–Crippen LogP) is 6.94. The average molecular weight is 638 g/mol. The summed E-state index contributed by atoms with van der Waals surface area (Å²) in [6.07, 6.45) is 0.269. The van der Waals surface area contributed by atoms with Gasteiger partial charge in [0.05, 0.1) is 22.9 Å². The highest BCUT2D eigenvalue weighted by Gasteiger charge is 2.52. The summed E-state index contributed by atoms with van der Waals surface area (Å²) >= 11 is 18.8. The van der Waals surface area contributed by atoms with Crippen molar-refractivity contribution >= 4 is 56.7 Å². The number of rotatable bonds is 10. The second-order valence-electron chi connectivity index (χ2n) is 10.6. The fourth-order valence-electron chi connectivity index (χ4n) is 5.67. The lowest BCUT2D eigenvalue weighted by Gasteiger charge is -2.52. The van der Waals surface area contributed by atoms with E-state index >= 15 is 0 Å². The molecule has 1 aliphatic rings. The Morgan fingerprint density at radius 2 is 1.71 bits per heavy atom. The van der Waals surface area contributed by atoms with Crippen LogP contribution in [-0.4, -0.2) is 42.9 Å². The molecule has 0 unspecified atom stereocenters. The number of piperidine rings is 1. The Balaban J connectivity index is 1.83. The number of carboxylic acid groups (broad SMARTS) is 1. The van der Waals surface area contributed by atoms with Crippen LogP contribution in [0.1, 0.15) is 56.2 Å². The summed E-state index contributed by atoms with van der Waals surface area (Å²) in [4.78, 5) is 27.9. The normalized spacial score (nSPS) is 22.0. The number of aliphatic carboxylic acids is 1. The molecule has 4 rings (SSSR count). The number of carboxylic acids is 1. The van der Waals surface area contributed by atoms with Gasteiger partial charge in [-0.05, 0) is 60.4 Å². The van der Waals surface area contributed by atoms with Gasteiger partial charge in [-0.3, -0.25) is 9.59 Å². The van der Waals surface area contributed by atoms with E-state index in [2.05, 4.69) is 4.72 Å². The van der Waals surface area contributed by atoms with Crippen molar-refractivity contribution in [1.29, 1.82) is 0 Å². The molecule has 4 atom stereocenters. The second kappa shape index (κ2) is 12.7. The summed E-state index contributed by atoms with van der Waals surface area (Å²) in [5.74, 6) is -1.80. The topological polar surface area (TPSA) is 104 Å². The highest BCUT2D eigenvalue weighted by Crippen LogP contribution is 2.52.